The number of ether oxygens (including phenoxy) is 1. The molecule has 0 N–H and O–H groups in total. The molecule has 0 radical (unpaired) electrons. The lowest BCUT2D eigenvalue weighted by Crippen LogP contribution is -2.42. The van der Waals surface area contributed by atoms with Crippen LogP contribution in [-0.4, -0.2) is 48.3 Å². The number of benzene rings is 2. The Morgan fingerprint density at radius 1 is 1.16 bits per heavy atom. The third-order valence-electron chi connectivity index (χ3n) is 6.42. The van der Waals surface area contributed by atoms with Crippen molar-refractivity contribution in [3.63, 3.8) is 0 Å². The summed E-state index contributed by atoms with van der Waals surface area (Å²) in [4.78, 5) is 15.5. The van der Waals surface area contributed by atoms with E-state index in [4.69, 9.17) is 4.74 Å². The van der Waals surface area contributed by atoms with Crippen LogP contribution in [-0.2, 0) is 4.79 Å². The van der Waals surface area contributed by atoms with E-state index in [1.54, 1.807) is 25.3 Å². The quantitative estimate of drug-likeness (QED) is 0.672. The van der Waals surface area contributed by atoms with E-state index in [0.717, 1.165) is 29.9 Å². The average Bonchev–Trinajstić information content (AvgIpc) is 3.25. The number of carbonyl (C=O) groups is 1. The molecule has 1 aliphatic carbocycles. The molecule has 5 nitrogen and oxygen atoms in total. The van der Waals surface area contributed by atoms with Gasteiger partial charge in [-0.25, -0.2) is 9.40 Å². The third kappa shape index (κ3) is 4.79. The summed E-state index contributed by atoms with van der Waals surface area (Å²) in [5, 5.41) is 6.17. The molecule has 1 saturated carbocycles. The molecule has 4 rings (SSSR count). The molecular formula is C25H30FN3O2. The Morgan fingerprint density at radius 3 is 2.68 bits per heavy atom. The maximum Gasteiger partial charge on any atom is 0.257 e. The van der Waals surface area contributed by atoms with Gasteiger partial charge in [0.05, 0.1) is 25.4 Å². The molecule has 1 fully saturated rings. The normalized spacial score (nSPS) is 19.5. The molecule has 31 heavy (non-hydrogen) atoms. The number of carbonyl (C=O) groups excluding carboxylic acids is 1. The topological polar surface area (TPSA) is 45.1 Å². The van der Waals surface area contributed by atoms with Gasteiger partial charge in [-0.05, 0) is 38.1 Å². The van der Waals surface area contributed by atoms with Crippen LogP contribution in [0.1, 0.15) is 55.7 Å². The highest BCUT2D eigenvalue weighted by atomic mass is 19.1. The van der Waals surface area contributed by atoms with Crippen LogP contribution < -0.4 is 4.74 Å². The standard InChI is InChI=1S/C25H30FN3O2/c1-28(19-10-4-3-5-11-19)17-25(30)29-24(21-13-6-7-14-22(21)26)16-23(27-29)18-9-8-12-20(15-18)31-2/h6-9,12-15,19,24H,3-5,10-11,16-17H2,1-2H3/t24-/m0/s1. The van der Waals surface area contributed by atoms with Gasteiger partial charge in [-0.3, -0.25) is 9.69 Å². The van der Waals surface area contributed by atoms with Crippen LogP contribution in [0.4, 0.5) is 4.39 Å². The fourth-order valence-corrected chi connectivity index (χ4v) is 4.64. The first-order valence-corrected chi connectivity index (χ1v) is 11.1. The third-order valence-corrected chi connectivity index (χ3v) is 6.42. The average molecular weight is 424 g/mol. The molecule has 0 bridgehead atoms. The Morgan fingerprint density at radius 2 is 1.94 bits per heavy atom. The number of hydrogen-bond donors (Lipinski definition) is 0. The number of amides is 1. The molecule has 0 saturated heterocycles. The van der Waals surface area contributed by atoms with E-state index in [0.29, 0.717) is 18.0 Å². The van der Waals surface area contributed by atoms with Crippen LogP contribution in [0.2, 0.25) is 0 Å². The summed E-state index contributed by atoms with van der Waals surface area (Å²) in [6.45, 7) is 0.282. The van der Waals surface area contributed by atoms with Crippen molar-refractivity contribution in [2.75, 3.05) is 20.7 Å². The zero-order valence-corrected chi connectivity index (χ0v) is 18.3. The van der Waals surface area contributed by atoms with Crippen molar-refractivity contribution in [3.8, 4) is 5.75 Å². The van der Waals surface area contributed by atoms with Crippen LogP contribution in [0.3, 0.4) is 0 Å². The molecular weight excluding hydrogens is 393 g/mol. The highest BCUT2D eigenvalue weighted by Crippen LogP contribution is 2.35. The maximum atomic E-state index is 14.7. The molecule has 1 amide bonds. The summed E-state index contributed by atoms with van der Waals surface area (Å²) in [5.41, 5.74) is 2.15. The zero-order chi connectivity index (χ0) is 21.8. The minimum absolute atomic E-state index is 0.0979. The Bertz CT molecular complexity index is 955. The highest BCUT2D eigenvalue weighted by molar-refractivity contribution is 6.03. The smallest absolute Gasteiger partial charge is 0.257 e. The number of hydrazone groups is 1. The second kappa shape index (κ2) is 9.60. The Kier molecular flexibility index (Phi) is 6.66. The van der Waals surface area contributed by atoms with Crippen molar-refractivity contribution in [1.82, 2.24) is 9.91 Å². The fraction of sp³-hybridized carbons (Fsp3) is 0.440. The first-order valence-electron chi connectivity index (χ1n) is 11.1. The molecule has 2 aromatic rings. The molecule has 0 unspecified atom stereocenters. The molecule has 1 atom stereocenters. The molecule has 2 aromatic carbocycles. The van der Waals surface area contributed by atoms with Crippen molar-refractivity contribution in [2.45, 2.75) is 50.6 Å². The number of rotatable bonds is 6. The van der Waals surface area contributed by atoms with Gasteiger partial charge in [0.1, 0.15) is 11.6 Å². The second-order valence-electron chi connectivity index (χ2n) is 8.47. The second-order valence-corrected chi connectivity index (χ2v) is 8.47. The maximum absolute atomic E-state index is 14.7. The number of methoxy groups -OCH3 is 1. The Labute approximate surface area is 183 Å². The van der Waals surface area contributed by atoms with Gasteiger partial charge in [0.2, 0.25) is 0 Å². The molecule has 6 heteroatoms. The number of hydrogen-bond acceptors (Lipinski definition) is 4. The first-order chi connectivity index (χ1) is 15.1. The van der Waals surface area contributed by atoms with E-state index in [2.05, 4.69) is 10.0 Å². The fourth-order valence-electron chi connectivity index (χ4n) is 4.64. The number of nitrogens with zero attached hydrogens (tertiary/aromatic N) is 3. The van der Waals surface area contributed by atoms with E-state index in [-0.39, 0.29) is 18.3 Å². The summed E-state index contributed by atoms with van der Waals surface area (Å²) in [5.74, 6) is 0.316. The van der Waals surface area contributed by atoms with Gasteiger partial charge in [-0.15, -0.1) is 0 Å². The van der Waals surface area contributed by atoms with Crippen LogP contribution in [0, 0.1) is 5.82 Å². The van der Waals surface area contributed by atoms with Gasteiger partial charge in [-0.1, -0.05) is 49.6 Å². The first kappa shape index (κ1) is 21.5. The summed E-state index contributed by atoms with van der Waals surface area (Å²) >= 11 is 0. The van der Waals surface area contributed by atoms with Crippen LogP contribution in [0.15, 0.2) is 53.6 Å². The van der Waals surface area contributed by atoms with E-state index in [9.17, 15) is 9.18 Å². The van der Waals surface area contributed by atoms with Crippen LogP contribution in [0.25, 0.3) is 0 Å². The lowest BCUT2D eigenvalue weighted by molar-refractivity contribution is -0.134. The van der Waals surface area contributed by atoms with E-state index in [1.165, 1.54) is 30.3 Å². The molecule has 1 heterocycles. The largest absolute Gasteiger partial charge is 0.497 e. The van der Waals surface area contributed by atoms with Crippen molar-refractivity contribution < 1.29 is 13.9 Å². The van der Waals surface area contributed by atoms with Gasteiger partial charge in [0.15, 0.2) is 0 Å². The van der Waals surface area contributed by atoms with E-state index < -0.39 is 6.04 Å². The van der Waals surface area contributed by atoms with Crippen molar-refractivity contribution in [1.29, 1.82) is 0 Å². The number of halogens is 1. The predicted octanol–water partition coefficient (Wildman–Crippen LogP) is 4.78. The highest BCUT2D eigenvalue weighted by Gasteiger charge is 2.35. The summed E-state index contributed by atoms with van der Waals surface area (Å²) in [6.07, 6.45) is 6.41. The monoisotopic (exact) mass is 423 g/mol. The Hall–Kier alpha value is -2.73. The zero-order valence-electron chi connectivity index (χ0n) is 18.3. The molecule has 164 valence electrons. The molecule has 0 aromatic heterocycles. The van der Waals surface area contributed by atoms with Gasteiger partial charge in [-0.2, -0.15) is 5.10 Å². The van der Waals surface area contributed by atoms with E-state index in [1.807, 2.05) is 31.3 Å². The summed E-state index contributed by atoms with van der Waals surface area (Å²) in [6, 6.07) is 14.3. The molecule has 1 aliphatic heterocycles. The summed E-state index contributed by atoms with van der Waals surface area (Å²) in [7, 11) is 3.63. The Balaban J connectivity index is 1.60. The van der Waals surface area contributed by atoms with Crippen molar-refractivity contribution >= 4 is 11.6 Å². The van der Waals surface area contributed by atoms with Gasteiger partial charge in [0, 0.05) is 23.6 Å². The number of likely N-dealkylation sites (N-methyl/N-ethyl adjacent to an activating group) is 1. The van der Waals surface area contributed by atoms with Crippen LogP contribution >= 0.6 is 0 Å². The van der Waals surface area contributed by atoms with Crippen molar-refractivity contribution in [3.05, 3.63) is 65.5 Å². The van der Waals surface area contributed by atoms with E-state index >= 15 is 0 Å². The molecule has 2 aliphatic rings. The van der Waals surface area contributed by atoms with Gasteiger partial charge < -0.3 is 4.74 Å². The lowest BCUT2D eigenvalue weighted by atomic mass is 9.94. The van der Waals surface area contributed by atoms with Crippen molar-refractivity contribution in [2.24, 2.45) is 5.10 Å². The minimum Gasteiger partial charge on any atom is -0.497 e. The van der Waals surface area contributed by atoms with Gasteiger partial charge in [0.25, 0.3) is 5.91 Å². The predicted molar refractivity (Wildman–Crippen MR) is 120 cm³/mol. The minimum atomic E-state index is -0.449. The molecule has 0 spiro atoms. The van der Waals surface area contributed by atoms with Crippen LogP contribution in [0.5, 0.6) is 5.75 Å². The summed E-state index contributed by atoms with van der Waals surface area (Å²) < 4.78 is 20.0. The van der Waals surface area contributed by atoms with Gasteiger partial charge >= 0.3 is 0 Å². The lowest BCUT2D eigenvalue weighted by Gasteiger charge is -2.32. The SMILES string of the molecule is COc1cccc(C2=NN(C(=O)CN(C)C3CCCCC3)[C@H](c3ccccc3F)C2)c1.